The third-order valence-electron chi connectivity index (χ3n) is 3.37. The fraction of sp³-hybridized carbons (Fsp3) is 0.188. The lowest BCUT2D eigenvalue weighted by molar-refractivity contribution is 0.0984. The minimum Gasteiger partial charge on any atom is -0.507 e. The molecule has 0 atom stereocenters. The lowest BCUT2D eigenvalue weighted by Gasteiger charge is -2.22. The molecule has 0 bridgehead atoms. The van der Waals surface area contributed by atoms with E-state index in [1.54, 1.807) is 23.1 Å². The largest absolute Gasteiger partial charge is 0.507 e. The monoisotopic (exact) mass is 395 g/mol. The van der Waals surface area contributed by atoms with E-state index in [0.29, 0.717) is 24.5 Å². The number of para-hydroxylation sites is 2. The third-order valence-corrected chi connectivity index (χ3v) is 4.04. The zero-order valence-electron chi connectivity index (χ0n) is 11.3. The van der Waals surface area contributed by atoms with E-state index in [2.05, 4.69) is 22.6 Å². The number of phenolic OH excluding ortho intramolecular Hbond substituents is 1. The van der Waals surface area contributed by atoms with Gasteiger partial charge in [0.25, 0.3) is 5.91 Å². The highest BCUT2D eigenvalue weighted by Crippen LogP contribution is 2.33. The predicted octanol–water partition coefficient (Wildman–Crippen LogP) is 3.43. The van der Waals surface area contributed by atoms with Gasteiger partial charge in [0, 0.05) is 10.1 Å². The first kappa shape index (κ1) is 14.2. The average molecular weight is 395 g/mol. The second-order valence-electron chi connectivity index (χ2n) is 4.79. The molecule has 2 aromatic carbocycles. The molecule has 0 saturated heterocycles. The lowest BCUT2D eigenvalue weighted by atomic mass is 10.1. The van der Waals surface area contributed by atoms with Gasteiger partial charge in [-0.1, -0.05) is 12.1 Å². The molecular formula is C16H14INO3. The average Bonchev–Trinajstić information content (AvgIpc) is 2.71. The van der Waals surface area contributed by atoms with Crippen LogP contribution in [0.2, 0.25) is 0 Å². The topological polar surface area (TPSA) is 49.8 Å². The normalized spacial score (nSPS) is 14.0. The number of hydrogen-bond donors (Lipinski definition) is 1. The number of carbonyl (C=O) groups is 1. The molecule has 1 N–H and O–H groups in total. The summed E-state index contributed by atoms with van der Waals surface area (Å²) in [5, 5.41) is 9.97. The van der Waals surface area contributed by atoms with Gasteiger partial charge in [0.05, 0.1) is 17.9 Å². The number of hydrogen-bond acceptors (Lipinski definition) is 3. The number of phenols is 1. The molecule has 0 aliphatic carbocycles. The van der Waals surface area contributed by atoms with Crippen molar-refractivity contribution in [2.24, 2.45) is 0 Å². The van der Waals surface area contributed by atoms with E-state index in [4.69, 9.17) is 4.74 Å². The van der Waals surface area contributed by atoms with Gasteiger partial charge in [-0.3, -0.25) is 4.79 Å². The molecule has 1 aliphatic heterocycles. The van der Waals surface area contributed by atoms with Gasteiger partial charge in [-0.2, -0.15) is 0 Å². The summed E-state index contributed by atoms with van der Waals surface area (Å²) < 4.78 is 6.57. The molecule has 0 spiro atoms. The highest BCUT2D eigenvalue weighted by atomic mass is 127. The summed E-state index contributed by atoms with van der Waals surface area (Å²) in [5.74, 6) is 0.500. The van der Waals surface area contributed by atoms with Crippen LogP contribution in [0.15, 0.2) is 42.5 Å². The molecule has 108 valence electrons. The van der Waals surface area contributed by atoms with E-state index in [0.717, 1.165) is 15.7 Å². The standard InChI is InChI=1S/C16H14INO3/c17-11-6-7-14(19)12(10-11)16(20)18-8-3-9-21-15-5-2-1-4-13(15)18/h1-2,4-7,10,19H,3,8-9H2. The molecule has 3 rings (SSSR count). The van der Waals surface area contributed by atoms with Crippen LogP contribution in [0.4, 0.5) is 5.69 Å². The van der Waals surface area contributed by atoms with E-state index < -0.39 is 0 Å². The number of benzene rings is 2. The SMILES string of the molecule is O=C(c1cc(I)ccc1O)N1CCCOc2ccccc21. The lowest BCUT2D eigenvalue weighted by Crippen LogP contribution is -2.31. The van der Waals surface area contributed by atoms with Crippen molar-refractivity contribution in [3.8, 4) is 11.5 Å². The number of halogens is 1. The first-order chi connectivity index (χ1) is 10.2. The fourth-order valence-corrected chi connectivity index (χ4v) is 2.85. The van der Waals surface area contributed by atoms with Crippen molar-refractivity contribution in [1.82, 2.24) is 0 Å². The van der Waals surface area contributed by atoms with Crippen molar-refractivity contribution in [2.45, 2.75) is 6.42 Å². The van der Waals surface area contributed by atoms with E-state index >= 15 is 0 Å². The number of amides is 1. The maximum absolute atomic E-state index is 12.8. The van der Waals surface area contributed by atoms with Crippen LogP contribution in [0.1, 0.15) is 16.8 Å². The van der Waals surface area contributed by atoms with Crippen LogP contribution in [-0.2, 0) is 0 Å². The molecule has 1 aliphatic rings. The molecule has 0 unspecified atom stereocenters. The molecule has 5 heteroatoms. The molecule has 1 amide bonds. The Balaban J connectivity index is 2.03. The fourth-order valence-electron chi connectivity index (χ4n) is 2.36. The molecular weight excluding hydrogens is 381 g/mol. The minimum absolute atomic E-state index is 0.00284. The predicted molar refractivity (Wildman–Crippen MR) is 89.1 cm³/mol. The molecule has 2 aromatic rings. The van der Waals surface area contributed by atoms with Gasteiger partial charge < -0.3 is 14.7 Å². The second-order valence-corrected chi connectivity index (χ2v) is 6.03. The summed E-state index contributed by atoms with van der Waals surface area (Å²) in [6.45, 7) is 1.15. The van der Waals surface area contributed by atoms with Gasteiger partial charge in [-0.05, 0) is 59.3 Å². The van der Waals surface area contributed by atoms with Gasteiger partial charge in [0.2, 0.25) is 0 Å². The van der Waals surface area contributed by atoms with Crippen molar-refractivity contribution in [3.63, 3.8) is 0 Å². The van der Waals surface area contributed by atoms with Crippen molar-refractivity contribution < 1.29 is 14.6 Å². The second kappa shape index (κ2) is 5.93. The van der Waals surface area contributed by atoms with Gasteiger partial charge in [0.1, 0.15) is 11.5 Å². The molecule has 0 aromatic heterocycles. The zero-order valence-corrected chi connectivity index (χ0v) is 13.4. The molecule has 0 saturated carbocycles. The Morgan fingerprint density at radius 3 is 2.90 bits per heavy atom. The number of ether oxygens (including phenoxy) is 1. The Hall–Kier alpha value is -1.76. The summed E-state index contributed by atoms with van der Waals surface area (Å²) in [6.07, 6.45) is 0.755. The van der Waals surface area contributed by atoms with Crippen LogP contribution >= 0.6 is 22.6 Å². The molecule has 21 heavy (non-hydrogen) atoms. The van der Waals surface area contributed by atoms with Crippen molar-refractivity contribution >= 4 is 34.2 Å². The number of rotatable bonds is 1. The highest BCUT2D eigenvalue weighted by Gasteiger charge is 2.24. The van der Waals surface area contributed by atoms with E-state index in [1.807, 2.05) is 24.3 Å². The van der Waals surface area contributed by atoms with Gasteiger partial charge in [-0.15, -0.1) is 0 Å². The molecule has 0 radical (unpaired) electrons. The Kier molecular flexibility index (Phi) is 4.01. The number of aromatic hydroxyl groups is 1. The third kappa shape index (κ3) is 2.83. The maximum Gasteiger partial charge on any atom is 0.262 e. The number of fused-ring (bicyclic) bond motifs is 1. The minimum atomic E-state index is -0.205. The van der Waals surface area contributed by atoms with Gasteiger partial charge in [0.15, 0.2) is 0 Å². The molecule has 0 fully saturated rings. The number of nitrogens with zero attached hydrogens (tertiary/aromatic N) is 1. The quantitative estimate of drug-likeness (QED) is 0.753. The summed E-state index contributed by atoms with van der Waals surface area (Å²) in [4.78, 5) is 14.5. The summed E-state index contributed by atoms with van der Waals surface area (Å²) in [6, 6.07) is 12.5. The van der Waals surface area contributed by atoms with Crippen LogP contribution in [0.5, 0.6) is 11.5 Å². The zero-order chi connectivity index (χ0) is 14.8. The first-order valence-electron chi connectivity index (χ1n) is 6.69. The van der Waals surface area contributed by atoms with E-state index in [1.165, 1.54) is 0 Å². The van der Waals surface area contributed by atoms with Crippen molar-refractivity contribution in [3.05, 3.63) is 51.6 Å². The Morgan fingerprint density at radius 2 is 2.05 bits per heavy atom. The van der Waals surface area contributed by atoms with E-state index in [9.17, 15) is 9.90 Å². The number of carbonyl (C=O) groups excluding carboxylic acids is 1. The van der Waals surface area contributed by atoms with Crippen LogP contribution < -0.4 is 9.64 Å². The Labute approximate surface area is 136 Å². The Morgan fingerprint density at radius 1 is 1.24 bits per heavy atom. The van der Waals surface area contributed by atoms with Crippen LogP contribution in [0, 0.1) is 3.57 Å². The van der Waals surface area contributed by atoms with Crippen LogP contribution in [-0.4, -0.2) is 24.2 Å². The summed E-state index contributed by atoms with van der Waals surface area (Å²) in [5.41, 5.74) is 1.07. The van der Waals surface area contributed by atoms with Crippen molar-refractivity contribution in [1.29, 1.82) is 0 Å². The maximum atomic E-state index is 12.8. The molecule has 4 nitrogen and oxygen atoms in total. The Bertz CT molecular complexity index is 687. The van der Waals surface area contributed by atoms with Gasteiger partial charge >= 0.3 is 0 Å². The summed E-state index contributed by atoms with van der Waals surface area (Å²) >= 11 is 2.13. The van der Waals surface area contributed by atoms with Crippen LogP contribution in [0.25, 0.3) is 0 Å². The molecule has 1 heterocycles. The van der Waals surface area contributed by atoms with E-state index in [-0.39, 0.29) is 11.7 Å². The summed E-state index contributed by atoms with van der Waals surface area (Å²) in [7, 11) is 0. The number of anilines is 1. The smallest absolute Gasteiger partial charge is 0.262 e. The van der Waals surface area contributed by atoms with Crippen LogP contribution in [0.3, 0.4) is 0 Å². The highest BCUT2D eigenvalue weighted by molar-refractivity contribution is 14.1. The van der Waals surface area contributed by atoms with Crippen molar-refractivity contribution in [2.75, 3.05) is 18.1 Å². The van der Waals surface area contributed by atoms with Gasteiger partial charge in [-0.25, -0.2) is 0 Å². The first-order valence-corrected chi connectivity index (χ1v) is 7.77.